The Kier molecular flexibility index (Phi) is 2.60. The van der Waals surface area contributed by atoms with Crippen LogP contribution < -0.4 is 4.74 Å². The Balaban J connectivity index is 3.12. The van der Waals surface area contributed by atoms with Crippen LogP contribution in [0.1, 0.15) is 10.4 Å². The molecule has 0 aliphatic rings. The highest BCUT2D eigenvalue weighted by atomic mass is 32.1. The molecule has 0 heterocycles. The van der Waals surface area contributed by atoms with E-state index in [1.165, 1.54) is 19.2 Å². The van der Waals surface area contributed by atoms with Crippen LogP contribution in [0.4, 0.5) is 0 Å². The lowest BCUT2D eigenvalue weighted by atomic mass is 10.2. The second-order valence-corrected chi connectivity index (χ2v) is 2.59. The fraction of sp³-hybridized carbons (Fsp3) is 0.125. The van der Waals surface area contributed by atoms with Crippen LogP contribution in [0.25, 0.3) is 0 Å². The molecule has 0 saturated carbocycles. The van der Waals surface area contributed by atoms with Gasteiger partial charge >= 0.3 is 0 Å². The van der Waals surface area contributed by atoms with Crippen LogP contribution in [0.15, 0.2) is 18.2 Å². The fourth-order valence-electron chi connectivity index (χ4n) is 0.819. The molecular weight excluding hydrogens is 176 g/mol. The number of thiol groups is 1. The molecule has 0 aromatic heterocycles. The standard InChI is InChI=1S/C8H8O3S/c1-11-5-2-3-6(8(10)12)7(9)4-5/h2-4,9H,1H3,(H,10,12). The normalized spacial score (nSPS) is 9.50. The highest BCUT2D eigenvalue weighted by molar-refractivity contribution is 7.97. The van der Waals surface area contributed by atoms with E-state index in [-0.39, 0.29) is 11.3 Å². The smallest absolute Gasteiger partial charge is 0.220 e. The minimum Gasteiger partial charge on any atom is -0.507 e. The molecule has 0 spiro atoms. The zero-order valence-corrected chi connectivity index (χ0v) is 7.34. The third kappa shape index (κ3) is 1.71. The molecule has 0 unspecified atom stereocenters. The van der Waals surface area contributed by atoms with Gasteiger partial charge in [0.15, 0.2) is 0 Å². The Morgan fingerprint density at radius 2 is 2.25 bits per heavy atom. The largest absolute Gasteiger partial charge is 0.507 e. The van der Waals surface area contributed by atoms with Gasteiger partial charge in [-0.25, -0.2) is 0 Å². The van der Waals surface area contributed by atoms with Crippen LogP contribution >= 0.6 is 12.6 Å². The van der Waals surface area contributed by atoms with E-state index in [1.807, 2.05) is 0 Å². The van der Waals surface area contributed by atoms with Gasteiger partial charge in [-0.05, 0) is 12.1 Å². The van der Waals surface area contributed by atoms with Crippen molar-refractivity contribution >= 4 is 17.7 Å². The van der Waals surface area contributed by atoms with Crippen molar-refractivity contribution < 1.29 is 14.6 Å². The van der Waals surface area contributed by atoms with Crippen molar-refractivity contribution in [2.24, 2.45) is 0 Å². The second-order valence-electron chi connectivity index (χ2n) is 2.19. The molecule has 1 aromatic carbocycles. The first kappa shape index (κ1) is 8.93. The number of phenolic OH excluding ortho intramolecular Hbond substituents is 1. The third-order valence-corrected chi connectivity index (χ3v) is 1.68. The molecule has 3 nitrogen and oxygen atoms in total. The van der Waals surface area contributed by atoms with E-state index in [9.17, 15) is 9.90 Å². The van der Waals surface area contributed by atoms with E-state index in [4.69, 9.17) is 4.74 Å². The molecule has 1 rings (SSSR count). The summed E-state index contributed by atoms with van der Waals surface area (Å²) in [6.45, 7) is 0. The number of hydrogen-bond acceptors (Lipinski definition) is 3. The molecule has 1 aromatic rings. The van der Waals surface area contributed by atoms with E-state index in [1.54, 1.807) is 6.07 Å². The Morgan fingerprint density at radius 3 is 2.67 bits per heavy atom. The quantitative estimate of drug-likeness (QED) is 0.684. The van der Waals surface area contributed by atoms with Crippen molar-refractivity contribution in [3.8, 4) is 11.5 Å². The van der Waals surface area contributed by atoms with Crippen LogP contribution in [-0.4, -0.2) is 17.3 Å². The van der Waals surface area contributed by atoms with Crippen molar-refractivity contribution in [2.75, 3.05) is 7.11 Å². The molecule has 0 bridgehead atoms. The summed E-state index contributed by atoms with van der Waals surface area (Å²) in [7, 11) is 1.48. The number of benzene rings is 1. The van der Waals surface area contributed by atoms with Gasteiger partial charge in [-0.3, -0.25) is 4.79 Å². The number of phenols is 1. The molecule has 0 fully saturated rings. The van der Waals surface area contributed by atoms with Crippen molar-refractivity contribution in [2.45, 2.75) is 0 Å². The van der Waals surface area contributed by atoms with Gasteiger partial charge < -0.3 is 9.84 Å². The Labute approximate surface area is 75.4 Å². The summed E-state index contributed by atoms with van der Waals surface area (Å²) in [5.74, 6) is 0.389. The monoisotopic (exact) mass is 184 g/mol. The van der Waals surface area contributed by atoms with E-state index >= 15 is 0 Å². The van der Waals surface area contributed by atoms with Gasteiger partial charge in [0.2, 0.25) is 5.12 Å². The van der Waals surface area contributed by atoms with Crippen molar-refractivity contribution in [3.05, 3.63) is 23.8 Å². The van der Waals surface area contributed by atoms with Gasteiger partial charge in [-0.2, -0.15) is 0 Å². The number of carbonyl (C=O) groups excluding carboxylic acids is 1. The molecule has 4 heteroatoms. The fourth-order valence-corrected chi connectivity index (χ4v) is 1.01. The number of carbonyl (C=O) groups is 1. The Morgan fingerprint density at radius 1 is 1.58 bits per heavy atom. The van der Waals surface area contributed by atoms with Crippen LogP contribution in [0.3, 0.4) is 0 Å². The Bertz CT molecular complexity index is 309. The molecular formula is C8H8O3S. The number of methoxy groups -OCH3 is 1. The lowest BCUT2D eigenvalue weighted by molar-refractivity contribution is 0.108. The lowest BCUT2D eigenvalue weighted by Gasteiger charge is -2.02. The minimum atomic E-state index is -0.463. The predicted molar refractivity (Wildman–Crippen MR) is 48.0 cm³/mol. The van der Waals surface area contributed by atoms with Crippen LogP contribution in [0.5, 0.6) is 11.5 Å². The second kappa shape index (κ2) is 3.49. The zero-order valence-electron chi connectivity index (χ0n) is 6.44. The minimum absolute atomic E-state index is 0.116. The van der Waals surface area contributed by atoms with E-state index in [0.717, 1.165) is 0 Å². The van der Waals surface area contributed by atoms with E-state index in [0.29, 0.717) is 5.75 Å². The van der Waals surface area contributed by atoms with E-state index < -0.39 is 5.12 Å². The molecule has 0 amide bonds. The molecule has 0 aliphatic heterocycles. The Hall–Kier alpha value is -1.16. The summed E-state index contributed by atoms with van der Waals surface area (Å²) in [6.07, 6.45) is 0. The number of ether oxygens (including phenoxy) is 1. The summed E-state index contributed by atoms with van der Waals surface area (Å²) in [6, 6.07) is 4.41. The molecule has 0 aliphatic carbocycles. The molecule has 0 saturated heterocycles. The summed E-state index contributed by atoms with van der Waals surface area (Å²) >= 11 is 3.58. The van der Waals surface area contributed by atoms with Gasteiger partial charge in [0.05, 0.1) is 12.7 Å². The van der Waals surface area contributed by atoms with Gasteiger partial charge in [-0.15, -0.1) is 12.6 Å². The van der Waals surface area contributed by atoms with Crippen LogP contribution in [-0.2, 0) is 0 Å². The SMILES string of the molecule is COc1ccc(C(=O)S)c(O)c1. The average Bonchev–Trinajstić information content (AvgIpc) is 2.03. The number of aromatic hydroxyl groups is 1. The molecule has 0 radical (unpaired) electrons. The number of hydrogen-bond donors (Lipinski definition) is 2. The lowest BCUT2D eigenvalue weighted by Crippen LogP contribution is -1.90. The van der Waals surface area contributed by atoms with Gasteiger partial charge in [-0.1, -0.05) is 0 Å². The maximum absolute atomic E-state index is 10.7. The molecule has 1 N–H and O–H groups in total. The predicted octanol–water partition coefficient (Wildman–Crippen LogP) is 1.47. The van der Waals surface area contributed by atoms with E-state index in [2.05, 4.69) is 12.6 Å². The highest BCUT2D eigenvalue weighted by Gasteiger charge is 2.07. The summed E-state index contributed by atoms with van der Waals surface area (Å²) in [4.78, 5) is 10.7. The third-order valence-electron chi connectivity index (χ3n) is 1.44. The average molecular weight is 184 g/mol. The van der Waals surface area contributed by atoms with Crippen LogP contribution in [0, 0.1) is 0 Å². The van der Waals surface area contributed by atoms with Gasteiger partial charge in [0, 0.05) is 6.07 Å². The van der Waals surface area contributed by atoms with Gasteiger partial charge in [0.1, 0.15) is 11.5 Å². The summed E-state index contributed by atoms with van der Waals surface area (Å²) in [5, 5.41) is 8.78. The van der Waals surface area contributed by atoms with Crippen molar-refractivity contribution in [1.82, 2.24) is 0 Å². The first-order chi connectivity index (χ1) is 5.65. The van der Waals surface area contributed by atoms with Crippen LogP contribution in [0.2, 0.25) is 0 Å². The number of rotatable bonds is 2. The molecule has 64 valence electrons. The maximum Gasteiger partial charge on any atom is 0.220 e. The zero-order chi connectivity index (χ0) is 9.14. The topological polar surface area (TPSA) is 46.5 Å². The highest BCUT2D eigenvalue weighted by Crippen LogP contribution is 2.24. The summed E-state index contributed by atoms with van der Waals surface area (Å²) < 4.78 is 4.83. The molecule has 0 atom stereocenters. The summed E-state index contributed by atoms with van der Waals surface area (Å²) in [5.41, 5.74) is 0.180. The van der Waals surface area contributed by atoms with Crippen molar-refractivity contribution in [3.63, 3.8) is 0 Å². The maximum atomic E-state index is 10.7. The van der Waals surface area contributed by atoms with Gasteiger partial charge in [0.25, 0.3) is 0 Å². The first-order valence-electron chi connectivity index (χ1n) is 3.25. The molecule has 12 heavy (non-hydrogen) atoms. The first-order valence-corrected chi connectivity index (χ1v) is 3.70. The van der Waals surface area contributed by atoms with Crippen molar-refractivity contribution in [1.29, 1.82) is 0 Å².